The molecule has 2 aromatic heterocycles. The van der Waals surface area contributed by atoms with Gasteiger partial charge in [0.2, 0.25) is 15.9 Å². The van der Waals surface area contributed by atoms with Crippen molar-refractivity contribution >= 4 is 54.7 Å². The third kappa shape index (κ3) is 70.0. The number of nitrogens with zero attached hydrogens (tertiary/aromatic N) is 4. The summed E-state index contributed by atoms with van der Waals surface area (Å²) < 4.78 is 53.1. The Morgan fingerprint density at radius 1 is 0.436 bits per heavy atom. The van der Waals surface area contributed by atoms with E-state index in [2.05, 4.69) is 160 Å². The summed E-state index contributed by atoms with van der Waals surface area (Å²) >= 11 is 0. The number of ketones is 4. The minimum atomic E-state index is -3.21. The second-order valence-corrected chi connectivity index (χ2v) is 48.3. The zero-order chi connectivity index (χ0) is 82.8. The van der Waals surface area contributed by atoms with E-state index in [1.807, 2.05) is 152 Å². The van der Waals surface area contributed by atoms with Crippen LogP contribution < -0.4 is 15.4 Å². The predicted molar refractivity (Wildman–Crippen MR) is 432 cm³/mol. The van der Waals surface area contributed by atoms with Gasteiger partial charge in [-0.3, -0.25) is 24.0 Å². The molecule has 0 bridgehead atoms. The number of sulfone groups is 1. The van der Waals surface area contributed by atoms with Gasteiger partial charge >= 0.3 is 0 Å². The third-order valence-corrected chi connectivity index (χ3v) is 17.6. The first kappa shape index (κ1) is 108. The summed E-state index contributed by atoms with van der Waals surface area (Å²) in [5.74, 6) is 2.77. The molecule has 17 nitrogen and oxygen atoms in total. The molecule has 0 saturated carbocycles. The van der Waals surface area contributed by atoms with Gasteiger partial charge in [-0.1, -0.05) is 187 Å². The van der Waals surface area contributed by atoms with Crippen LogP contribution in [0.4, 0.5) is 5.82 Å². The highest BCUT2D eigenvalue weighted by molar-refractivity contribution is 7.92. The van der Waals surface area contributed by atoms with Gasteiger partial charge in [0.05, 0.1) is 32.5 Å². The molecule has 596 valence electrons. The van der Waals surface area contributed by atoms with Crippen molar-refractivity contribution in [3.05, 3.63) is 41.9 Å². The molecule has 0 aliphatic rings. The highest BCUT2D eigenvalue weighted by atomic mass is 32.2. The molecule has 0 aliphatic carbocycles. The van der Waals surface area contributed by atoms with Crippen LogP contribution in [0.2, 0.25) is 0 Å². The topological polar surface area (TPSA) is 251 Å². The van der Waals surface area contributed by atoms with Crippen LogP contribution >= 0.6 is 0 Å². The Hall–Kier alpha value is -4.07. The smallest absolute Gasteiger partial charge is 0.225 e. The second-order valence-electron chi connectivity index (χ2n) is 43.1. The number of sulfonamides is 1. The maximum Gasteiger partial charge on any atom is 0.225 e. The van der Waals surface area contributed by atoms with E-state index in [1.165, 1.54) is 6.33 Å². The maximum absolute atomic E-state index is 12.0. The van der Waals surface area contributed by atoms with E-state index in [4.69, 9.17) is 4.74 Å². The summed E-state index contributed by atoms with van der Waals surface area (Å²) in [6.07, 6.45) is 8.99. The lowest BCUT2D eigenvalue weighted by Gasteiger charge is -2.27. The fourth-order valence-electron chi connectivity index (χ4n) is 7.68. The Balaban J connectivity index is -0.000000258. The third-order valence-electron chi connectivity index (χ3n) is 12.0. The number of Topliss-reactive ketones (excluding diaryl/α,β-unsaturated/α-hetero) is 4. The molecule has 0 aliphatic heterocycles. The van der Waals surface area contributed by atoms with Gasteiger partial charge in [-0.05, 0) is 169 Å². The van der Waals surface area contributed by atoms with Crippen molar-refractivity contribution in [3.8, 4) is 0 Å². The fourth-order valence-corrected chi connectivity index (χ4v) is 10.4. The van der Waals surface area contributed by atoms with Crippen LogP contribution in [0.5, 0.6) is 0 Å². The van der Waals surface area contributed by atoms with Crippen molar-refractivity contribution < 1.29 is 45.5 Å². The van der Waals surface area contributed by atoms with Crippen LogP contribution in [-0.2, 0) is 45.4 Å². The van der Waals surface area contributed by atoms with Crippen molar-refractivity contribution in [2.24, 2.45) is 48.7 Å². The average Bonchev–Trinajstić information content (AvgIpc) is 0.834. The van der Waals surface area contributed by atoms with Crippen LogP contribution in [0.3, 0.4) is 0 Å². The molecule has 0 radical (unpaired) electrons. The molecule has 0 atom stereocenters. The Morgan fingerprint density at radius 3 is 1.03 bits per heavy atom. The van der Waals surface area contributed by atoms with Crippen LogP contribution in [-0.4, -0.2) is 110 Å². The van der Waals surface area contributed by atoms with E-state index in [9.17, 15) is 40.8 Å². The van der Waals surface area contributed by atoms with Crippen molar-refractivity contribution in [2.45, 2.75) is 395 Å². The van der Waals surface area contributed by atoms with E-state index in [0.717, 1.165) is 12.2 Å². The van der Waals surface area contributed by atoms with Crippen molar-refractivity contribution in [1.29, 1.82) is 0 Å². The maximum atomic E-state index is 12.0. The standard InChI is InChI=1S/C15H24N2O.C13H21N3O.C11H22O.C10H20O.C9H19NO.C9H20O2S.C8H19NO2S.C7H16O/c1-14(2,3)7-12(18)11-9-16-13(17-10-11)8-15(4,5)6;1-9(2)16-12-6-10(14-8-15-12)11(17)7-13(3,4)5;1-10(2,3)7-9(12)8-11(4,5)6;1-9(2,3)7-8(11)10(4,5)6;1-8(2,3)7(11)10-9(4,5)6;1-8(2,3)7-12(10,11)9(4,5)6;1-7(2,3)9-12(10,11)8(4,5)6;1-6(2)8-7(3,4)5/h9-10H,7-8H2,1-6H3;6,8-9H,7H2,1-5H3,(H,14,15,16);7-8H2,1-6H3;7H2,1-6H3;1-6H3,(H,10,11);7H2,1-6H3;9H,1-6H3;6H,1-5H3. The van der Waals surface area contributed by atoms with Gasteiger partial charge in [-0.25, -0.2) is 41.5 Å². The number of amides is 1. The molecule has 0 fully saturated rings. The average molecular weight is 1470 g/mol. The normalized spacial score (nSPS) is 13.1. The molecule has 101 heavy (non-hydrogen) atoms. The monoisotopic (exact) mass is 1470 g/mol. The van der Waals surface area contributed by atoms with E-state index in [-0.39, 0.29) is 89.1 Å². The highest BCUT2D eigenvalue weighted by Gasteiger charge is 2.34. The Labute approximate surface area is 623 Å². The molecule has 3 N–H and O–H groups in total. The number of hydrogen-bond acceptors (Lipinski definition) is 15. The molecule has 2 rings (SSSR count). The molecule has 2 heterocycles. The lowest BCUT2D eigenvalue weighted by Crippen LogP contribution is -2.48. The van der Waals surface area contributed by atoms with Gasteiger partial charge in [0.1, 0.15) is 35.2 Å². The largest absolute Gasteiger partial charge is 0.373 e. The predicted octanol–water partition coefficient (Wildman–Crippen LogP) is 21.0. The molecule has 1 amide bonds. The molecular weight excluding hydrogens is 1310 g/mol. The van der Waals surface area contributed by atoms with Crippen molar-refractivity contribution in [1.82, 2.24) is 30.0 Å². The molecule has 0 spiro atoms. The molecule has 0 saturated heterocycles. The van der Waals surface area contributed by atoms with Gasteiger partial charge in [-0.15, -0.1) is 0 Å². The lowest BCUT2D eigenvalue weighted by molar-refractivity contribution is -0.130. The molecule has 0 aromatic carbocycles. The van der Waals surface area contributed by atoms with E-state index >= 15 is 0 Å². The first-order valence-corrected chi connectivity index (χ1v) is 39.4. The number of ether oxygens (including phenoxy) is 1. The van der Waals surface area contributed by atoms with Gasteiger partial charge in [0.15, 0.2) is 21.4 Å². The van der Waals surface area contributed by atoms with E-state index < -0.39 is 34.9 Å². The van der Waals surface area contributed by atoms with Gasteiger partial charge in [-0.2, -0.15) is 0 Å². The van der Waals surface area contributed by atoms with Crippen LogP contribution in [0, 0.1) is 48.7 Å². The minimum Gasteiger partial charge on any atom is -0.373 e. The van der Waals surface area contributed by atoms with E-state index in [0.29, 0.717) is 66.8 Å². The fraction of sp³-hybridized carbons (Fsp3) is 0.841. The summed E-state index contributed by atoms with van der Waals surface area (Å²) in [6.45, 7) is 91.2. The van der Waals surface area contributed by atoms with Gasteiger partial charge in [0, 0.05) is 84.9 Å². The molecular formula is C82H161N7O10S2. The summed E-state index contributed by atoms with van der Waals surface area (Å²) in [5.41, 5.74) is 0.554. The first-order valence-electron chi connectivity index (χ1n) is 36.3. The zero-order valence-electron chi connectivity index (χ0n) is 74.1. The number of rotatable bonds is 13. The van der Waals surface area contributed by atoms with Crippen LogP contribution in [0.15, 0.2) is 24.8 Å². The Bertz CT molecular complexity index is 2870. The SMILES string of the molecule is CC(C)(C)CC(=O)C(C)(C)C.CC(C)(C)CC(=O)CC(C)(C)C.CC(C)(C)CC(=O)c1cnc(CC(C)(C)C)nc1.CC(C)(C)CS(=O)(=O)C(C)(C)C.CC(C)(C)NC(=O)C(C)(C)C.CC(C)(C)NS(=O)(=O)C(C)(C)C.CC(C)Nc1cc(C(=O)CC(C)(C)C)ncn1.CC(C)OC(C)(C)C. The van der Waals surface area contributed by atoms with Crippen LogP contribution in [0.1, 0.15) is 377 Å². The van der Waals surface area contributed by atoms with Gasteiger partial charge < -0.3 is 15.4 Å². The zero-order valence-corrected chi connectivity index (χ0v) is 75.7. The van der Waals surface area contributed by atoms with Crippen molar-refractivity contribution in [2.75, 3.05) is 11.1 Å². The van der Waals surface area contributed by atoms with E-state index in [1.54, 1.807) is 60.0 Å². The minimum absolute atomic E-state index is 0.00116. The summed E-state index contributed by atoms with van der Waals surface area (Å²) in [5, 5.41) is 6.08. The second kappa shape index (κ2) is 41.7. The highest BCUT2D eigenvalue weighted by Crippen LogP contribution is 2.29. The summed E-state index contributed by atoms with van der Waals surface area (Å²) in [7, 11) is -6.16. The number of anilines is 1. The molecule has 19 heteroatoms. The van der Waals surface area contributed by atoms with Gasteiger partial charge in [0.25, 0.3) is 0 Å². The Morgan fingerprint density at radius 2 is 0.812 bits per heavy atom. The molecule has 0 unspecified atom stereocenters. The lowest BCUT2D eigenvalue weighted by atomic mass is 9.80. The first-order chi connectivity index (χ1) is 43.5. The molecule has 2 aromatic rings. The van der Waals surface area contributed by atoms with Crippen molar-refractivity contribution in [3.63, 3.8) is 0 Å². The summed E-state index contributed by atoms with van der Waals surface area (Å²) in [6, 6.07) is 2.00. The number of aromatic nitrogens is 4. The number of carbonyl (C=O) groups is 5. The quantitative estimate of drug-likeness (QED) is 0.158. The number of nitrogens with one attached hydrogen (secondary N) is 3. The number of carbonyl (C=O) groups excluding carboxylic acids is 5. The summed E-state index contributed by atoms with van der Waals surface area (Å²) in [4.78, 5) is 75.0. The number of hydrogen-bond donors (Lipinski definition) is 3. The Kier molecular flexibility index (Phi) is 44.6. The van der Waals surface area contributed by atoms with Crippen LogP contribution in [0.25, 0.3) is 0 Å².